The van der Waals surface area contributed by atoms with Crippen LogP contribution < -0.4 is 15.6 Å². The van der Waals surface area contributed by atoms with E-state index in [1.54, 1.807) is 61.7 Å². The van der Waals surface area contributed by atoms with Gasteiger partial charge in [0.2, 0.25) is 9.84 Å². The smallest absolute Gasteiger partial charge is 0.206 e. The highest BCUT2D eigenvalue weighted by molar-refractivity contribution is 7.91. The average Bonchev–Trinajstić information content (AvgIpc) is 2.68. The van der Waals surface area contributed by atoms with E-state index in [1.165, 1.54) is 5.01 Å². The molecular formula is C19H18N2O3S. The molecule has 0 unspecified atom stereocenters. The predicted octanol–water partition coefficient (Wildman–Crippen LogP) is 3.54. The van der Waals surface area contributed by atoms with E-state index in [9.17, 15) is 8.42 Å². The molecule has 0 radical (unpaired) electrons. The molecule has 0 aliphatic rings. The summed E-state index contributed by atoms with van der Waals surface area (Å²) in [6, 6.07) is 22.1. The van der Waals surface area contributed by atoms with Crippen LogP contribution in [0.3, 0.4) is 0 Å². The van der Waals surface area contributed by atoms with Gasteiger partial charge in [-0.15, -0.1) is 0 Å². The van der Waals surface area contributed by atoms with Crippen LogP contribution in [0.4, 0.5) is 11.4 Å². The Hall–Kier alpha value is -2.83. The number of nitrogens with two attached hydrogens (primary N) is 1. The van der Waals surface area contributed by atoms with E-state index in [-0.39, 0.29) is 9.79 Å². The van der Waals surface area contributed by atoms with E-state index in [0.717, 1.165) is 0 Å². The lowest BCUT2D eigenvalue weighted by Gasteiger charge is -2.21. The van der Waals surface area contributed by atoms with Crippen LogP contribution in [-0.2, 0) is 9.84 Å². The molecule has 0 saturated carbocycles. The maximum Gasteiger partial charge on any atom is 0.206 e. The van der Waals surface area contributed by atoms with Crippen molar-refractivity contribution in [3.8, 4) is 5.75 Å². The molecule has 0 aromatic heterocycles. The van der Waals surface area contributed by atoms with E-state index in [4.69, 9.17) is 10.6 Å². The Balaban J connectivity index is 1.93. The van der Waals surface area contributed by atoms with Crippen LogP contribution in [0.25, 0.3) is 0 Å². The Bertz CT molecular complexity index is 955. The number of para-hydroxylation sites is 2. The van der Waals surface area contributed by atoms with Crippen molar-refractivity contribution in [2.24, 2.45) is 5.84 Å². The summed E-state index contributed by atoms with van der Waals surface area (Å²) in [7, 11) is -1.97. The van der Waals surface area contributed by atoms with Crippen molar-refractivity contribution in [3.05, 3.63) is 78.9 Å². The van der Waals surface area contributed by atoms with Gasteiger partial charge in [0.1, 0.15) is 5.75 Å². The molecule has 0 fully saturated rings. The monoisotopic (exact) mass is 354 g/mol. The molecule has 0 amide bonds. The van der Waals surface area contributed by atoms with Crippen LogP contribution in [-0.4, -0.2) is 15.5 Å². The summed E-state index contributed by atoms with van der Waals surface area (Å²) in [6.45, 7) is 0. The van der Waals surface area contributed by atoms with Crippen LogP contribution in [0.1, 0.15) is 0 Å². The summed E-state index contributed by atoms with van der Waals surface area (Å²) in [6.07, 6.45) is 0. The summed E-state index contributed by atoms with van der Waals surface area (Å²) >= 11 is 0. The third-order valence-electron chi connectivity index (χ3n) is 3.82. The normalized spacial score (nSPS) is 11.1. The van der Waals surface area contributed by atoms with Crippen molar-refractivity contribution in [3.63, 3.8) is 0 Å². The lowest BCUT2D eigenvalue weighted by molar-refractivity contribution is 0.415. The van der Waals surface area contributed by atoms with Gasteiger partial charge in [0.25, 0.3) is 0 Å². The van der Waals surface area contributed by atoms with Crippen molar-refractivity contribution in [2.45, 2.75) is 9.79 Å². The third-order valence-corrected chi connectivity index (χ3v) is 5.61. The first-order chi connectivity index (χ1) is 12.0. The number of nitrogens with zero attached hydrogens (tertiary/aromatic N) is 1. The van der Waals surface area contributed by atoms with Crippen molar-refractivity contribution < 1.29 is 13.2 Å². The minimum Gasteiger partial charge on any atom is -0.495 e. The number of sulfone groups is 1. The Morgan fingerprint density at radius 3 is 2.00 bits per heavy atom. The molecule has 0 atom stereocenters. The predicted molar refractivity (Wildman–Crippen MR) is 97.7 cm³/mol. The first-order valence-corrected chi connectivity index (χ1v) is 9.10. The second kappa shape index (κ2) is 6.96. The molecule has 6 heteroatoms. The second-order valence-corrected chi connectivity index (χ2v) is 7.30. The van der Waals surface area contributed by atoms with Crippen molar-refractivity contribution >= 4 is 21.2 Å². The molecule has 3 aromatic carbocycles. The van der Waals surface area contributed by atoms with Gasteiger partial charge in [-0.1, -0.05) is 30.3 Å². The molecule has 0 saturated heterocycles. The number of ether oxygens (including phenoxy) is 1. The number of methoxy groups -OCH3 is 1. The molecule has 25 heavy (non-hydrogen) atoms. The molecule has 2 N–H and O–H groups in total. The van der Waals surface area contributed by atoms with Gasteiger partial charge in [-0.05, 0) is 48.5 Å². The SMILES string of the molecule is COc1ccccc1N(N)c1ccc(S(=O)(=O)c2ccccc2)cc1. The number of hydrogen-bond donors (Lipinski definition) is 1. The summed E-state index contributed by atoms with van der Waals surface area (Å²) in [5.74, 6) is 6.80. The lowest BCUT2D eigenvalue weighted by atomic mass is 10.2. The van der Waals surface area contributed by atoms with E-state index >= 15 is 0 Å². The van der Waals surface area contributed by atoms with Crippen LogP contribution >= 0.6 is 0 Å². The quantitative estimate of drug-likeness (QED) is 0.560. The van der Waals surface area contributed by atoms with Crippen LogP contribution in [0, 0.1) is 0 Å². The Kier molecular flexibility index (Phi) is 4.74. The molecule has 0 bridgehead atoms. The maximum absolute atomic E-state index is 12.6. The number of anilines is 2. The van der Waals surface area contributed by atoms with Gasteiger partial charge in [-0.3, -0.25) is 5.01 Å². The zero-order valence-electron chi connectivity index (χ0n) is 13.7. The van der Waals surface area contributed by atoms with Gasteiger partial charge < -0.3 is 4.74 Å². The first-order valence-electron chi connectivity index (χ1n) is 7.62. The maximum atomic E-state index is 12.6. The molecular weight excluding hydrogens is 336 g/mol. The van der Waals surface area contributed by atoms with Crippen LogP contribution in [0.2, 0.25) is 0 Å². The standard InChI is InChI=1S/C19H18N2O3S/c1-24-19-10-6-5-9-18(19)21(20)15-11-13-17(14-12-15)25(22,23)16-7-3-2-4-8-16/h2-14H,20H2,1H3. The Morgan fingerprint density at radius 2 is 1.36 bits per heavy atom. The Labute approximate surface area is 147 Å². The molecule has 0 spiro atoms. The summed E-state index contributed by atoms with van der Waals surface area (Å²) in [5, 5.41) is 1.46. The van der Waals surface area contributed by atoms with Crippen LogP contribution in [0.5, 0.6) is 5.75 Å². The van der Waals surface area contributed by atoms with Gasteiger partial charge in [-0.2, -0.15) is 0 Å². The molecule has 5 nitrogen and oxygen atoms in total. The zero-order chi connectivity index (χ0) is 17.9. The minimum absolute atomic E-state index is 0.218. The summed E-state index contributed by atoms with van der Waals surface area (Å²) in [4.78, 5) is 0.480. The fourth-order valence-corrected chi connectivity index (χ4v) is 3.77. The van der Waals surface area contributed by atoms with Gasteiger partial charge in [0, 0.05) is 0 Å². The van der Waals surface area contributed by atoms with Crippen LogP contribution in [0.15, 0.2) is 88.7 Å². The fraction of sp³-hybridized carbons (Fsp3) is 0.0526. The molecule has 0 aliphatic heterocycles. The van der Waals surface area contributed by atoms with E-state index in [2.05, 4.69) is 0 Å². The van der Waals surface area contributed by atoms with Crippen molar-refractivity contribution in [1.82, 2.24) is 0 Å². The molecule has 128 valence electrons. The number of hydrogen-bond acceptors (Lipinski definition) is 5. The highest BCUT2D eigenvalue weighted by Gasteiger charge is 2.18. The lowest BCUT2D eigenvalue weighted by Crippen LogP contribution is -2.25. The first kappa shape index (κ1) is 17.0. The van der Waals surface area contributed by atoms with Gasteiger partial charge in [0.05, 0.1) is 28.3 Å². The molecule has 0 heterocycles. The average molecular weight is 354 g/mol. The highest BCUT2D eigenvalue weighted by Crippen LogP contribution is 2.31. The zero-order valence-corrected chi connectivity index (χ0v) is 14.5. The van der Waals surface area contributed by atoms with E-state index < -0.39 is 9.84 Å². The largest absolute Gasteiger partial charge is 0.495 e. The van der Waals surface area contributed by atoms with Gasteiger partial charge >= 0.3 is 0 Å². The van der Waals surface area contributed by atoms with Crippen molar-refractivity contribution in [2.75, 3.05) is 12.1 Å². The second-order valence-electron chi connectivity index (χ2n) is 5.35. The fourth-order valence-electron chi connectivity index (χ4n) is 2.49. The van der Waals surface area contributed by atoms with Gasteiger partial charge in [0.15, 0.2) is 0 Å². The molecule has 0 aliphatic carbocycles. The number of rotatable bonds is 5. The summed E-state index contributed by atoms with van der Waals surface area (Å²) < 4.78 is 30.5. The van der Waals surface area contributed by atoms with Crippen molar-refractivity contribution in [1.29, 1.82) is 0 Å². The van der Waals surface area contributed by atoms with Gasteiger partial charge in [-0.25, -0.2) is 14.3 Å². The highest BCUT2D eigenvalue weighted by atomic mass is 32.2. The molecule has 3 aromatic rings. The number of benzene rings is 3. The Morgan fingerprint density at radius 1 is 0.800 bits per heavy atom. The third kappa shape index (κ3) is 3.35. The number of hydrazine groups is 1. The summed E-state index contributed by atoms with van der Waals surface area (Å²) in [5.41, 5.74) is 1.33. The van der Waals surface area contributed by atoms with E-state index in [1.807, 2.05) is 24.3 Å². The molecule has 3 rings (SSSR count). The van der Waals surface area contributed by atoms with E-state index in [0.29, 0.717) is 17.1 Å². The minimum atomic E-state index is -3.54. The topological polar surface area (TPSA) is 72.6 Å².